The molecule has 0 saturated carbocycles. The lowest BCUT2D eigenvalue weighted by Gasteiger charge is -2.15. The molecule has 0 aliphatic carbocycles. The Morgan fingerprint density at radius 3 is 1.25 bits per heavy atom. The standard InChI is InChI=1S/C14H30N4O2/c1-11(9-15-17-13(3,4)5)19-20-12(2)10-16-18-14(6,7)8/h11-12H,9-10H2,1-8H3/b17-15+,18-16+. The zero-order chi connectivity index (χ0) is 15.8. The lowest BCUT2D eigenvalue weighted by molar-refractivity contribution is -0.340. The minimum absolute atomic E-state index is 0.136. The van der Waals surface area contributed by atoms with E-state index in [2.05, 4.69) is 20.5 Å². The molecule has 0 fully saturated rings. The van der Waals surface area contributed by atoms with Crippen LogP contribution in [-0.4, -0.2) is 36.4 Å². The number of nitrogens with zero attached hydrogens (tertiary/aromatic N) is 4. The van der Waals surface area contributed by atoms with Crippen LogP contribution in [0, 0.1) is 0 Å². The summed E-state index contributed by atoms with van der Waals surface area (Å²) in [5, 5.41) is 16.5. The summed E-state index contributed by atoms with van der Waals surface area (Å²) in [5.41, 5.74) is -0.303. The topological polar surface area (TPSA) is 67.9 Å². The molecule has 0 bridgehead atoms. The molecule has 0 aromatic carbocycles. The molecule has 0 radical (unpaired) electrons. The number of hydrogen-bond donors (Lipinski definition) is 0. The lowest BCUT2D eigenvalue weighted by Crippen LogP contribution is -2.20. The van der Waals surface area contributed by atoms with Crippen LogP contribution in [0.4, 0.5) is 0 Å². The molecule has 118 valence electrons. The average molecular weight is 286 g/mol. The predicted molar refractivity (Wildman–Crippen MR) is 80.0 cm³/mol. The van der Waals surface area contributed by atoms with Crippen LogP contribution in [0.2, 0.25) is 0 Å². The third kappa shape index (κ3) is 13.5. The van der Waals surface area contributed by atoms with Crippen molar-refractivity contribution in [1.29, 1.82) is 0 Å². The Hall–Kier alpha value is -0.880. The van der Waals surface area contributed by atoms with Crippen LogP contribution < -0.4 is 0 Å². The van der Waals surface area contributed by atoms with Gasteiger partial charge in [0.05, 0.1) is 24.2 Å². The predicted octanol–water partition coefficient (Wildman–Crippen LogP) is 4.21. The second-order valence-electron chi connectivity index (χ2n) is 7.00. The molecule has 2 atom stereocenters. The van der Waals surface area contributed by atoms with Crippen molar-refractivity contribution >= 4 is 0 Å². The Morgan fingerprint density at radius 1 is 0.700 bits per heavy atom. The molecule has 6 heteroatoms. The van der Waals surface area contributed by atoms with Crippen molar-refractivity contribution < 1.29 is 9.78 Å². The molecular weight excluding hydrogens is 256 g/mol. The van der Waals surface area contributed by atoms with Crippen molar-refractivity contribution in [2.24, 2.45) is 20.5 Å². The number of rotatable bonds is 7. The Labute approximate surface area is 123 Å². The summed E-state index contributed by atoms with van der Waals surface area (Å²) in [4.78, 5) is 10.5. The van der Waals surface area contributed by atoms with Crippen LogP contribution in [0.5, 0.6) is 0 Å². The zero-order valence-corrected chi connectivity index (χ0v) is 14.2. The van der Waals surface area contributed by atoms with E-state index in [1.165, 1.54) is 0 Å². The Kier molecular flexibility index (Phi) is 8.05. The van der Waals surface area contributed by atoms with Gasteiger partial charge in [0.1, 0.15) is 12.2 Å². The minimum atomic E-state index is -0.152. The molecule has 0 spiro atoms. The summed E-state index contributed by atoms with van der Waals surface area (Å²) < 4.78 is 0. The van der Waals surface area contributed by atoms with Gasteiger partial charge in [0, 0.05) is 0 Å². The molecule has 6 nitrogen and oxygen atoms in total. The molecule has 2 unspecified atom stereocenters. The van der Waals surface area contributed by atoms with Gasteiger partial charge < -0.3 is 0 Å². The second-order valence-corrected chi connectivity index (χ2v) is 7.00. The second kappa shape index (κ2) is 8.42. The molecule has 0 aromatic heterocycles. The summed E-state index contributed by atoms with van der Waals surface area (Å²) in [6, 6.07) is 0. The summed E-state index contributed by atoms with van der Waals surface area (Å²) in [6.07, 6.45) is -0.272. The Bertz CT molecular complexity index is 284. The van der Waals surface area contributed by atoms with E-state index in [1.807, 2.05) is 55.4 Å². The highest BCUT2D eigenvalue weighted by Crippen LogP contribution is 2.09. The van der Waals surface area contributed by atoms with E-state index in [1.54, 1.807) is 0 Å². The largest absolute Gasteiger partial charge is 0.231 e. The van der Waals surface area contributed by atoms with Crippen LogP contribution in [0.25, 0.3) is 0 Å². The van der Waals surface area contributed by atoms with Crippen molar-refractivity contribution in [2.45, 2.75) is 78.7 Å². The van der Waals surface area contributed by atoms with E-state index in [0.29, 0.717) is 13.1 Å². The van der Waals surface area contributed by atoms with E-state index in [9.17, 15) is 0 Å². The number of azo groups is 2. The zero-order valence-electron chi connectivity index (χ0n) is 14.2. The molecule has 0 aromatic rings. The quantitative estimate of drug-likeness (QED) is 0.399. The first-order valence-electron chi connectivity index (χ1n) is 7.09. The first-order valence-corrected chi connectivity index (χ1v) is 7.09. The lowest BCUT2D eigenvalue weighted by atomic mass is 10.1. The monoisotopic (exact) mass is 286 g/mol. The van der Waals surface area contributed by atoms with Crippen molar-refractivity contribution in [3.63, 3.8) is 0 Å². The maximum Gasteiger partial charge on any atom is 0.111 e. The SMILES string of the molecule is CC(C/N=N/C(C)(C)C)OOC(C)C/N=N/C(C)(C)C. The fourth-order valence-corrected chi connectivity index (χ4v) is 0.986. The van der Waals surface area contributed by atoms with Gasteiger partial charge in [0.25, 0.3) is 0 Å². The number of hydrogen-bond acceptors (Lipinski definition) is 6. The highest BCUT2D eigenvalue weighted by Gasteiger charge is 2.11. The van der Waals surface area contributed by atoms with Gasteiger partial charge in [-0.3, -0.25) is 0 Å². The molecule has 0 aliphatic heterocycles. The summed E-state index contributed by atoms with van der Waals surface area (Å²) in [7, 11) is 0. The molecule has 0 aliphatic rings. The fraction of sp³-hybridized carbons (Fsp3) is 1.00. The molecule has 0 saturated heterocycles. The molecule has 0 heterocycles. The highest BCUT2D eigenvalue weighted by atomic mass is 17.2. The fourth-order valence-electron chi connectivity index (χ4n) is 0.986. The van der Waals surface area contributed by atoms with E-state index in [-0.39, 0.29) is 23.3 Å². The molecule has 20 heavy (non-hydrogen) atoms. The van der Waals surface area contributed by atoms with Gasteiger partial charge in [-0.1, -0.05) is 0 Å². The van der Waals surface area contributed by atoms with E-state index in [4.69, 9.17) is 9.78 Å². The van der Waals surface area contributed by atoms with Gasteiger partial charge in [-0.05, 0) is 55.4 Å². The summed E-state index contributed by atoms with van der Waals surface area (Å²) in [6.45, 7) is 16.8. The normalized spacial score (nSPS) is 17.0. The van der Waals surface area contributed by atoms with Crippen LogP contribution in [-0.2, 0) is 9.78 Å². The van der Waals surface area contributed by atoms with Crippen LogP contribution in [0.3, 0.4) is 0 Å². The minimum Gasteiger partial charge on any atom is -0.231 e. The van der Waals surface area contributed by atoms with E-state index in [0.717, 1.165) is 0 Å². The van der Waals surface area contributed by atoms with Crippen molar-refractivity contribution in [1.82, 2.24) is 0 Å². The van der Waals surface area contributed by atoms with Gasteiger partial charge in [-0.2, -0.15) is 20.5 Å². The van der Waals surface area contributed by atoms with Gasteiger partial charge >= 0.3 is 0 Å². The first-order chi connectivity index (χ1) is 8.99. The molecule has 0 rings (SSSR count). The van der Waals surface area contributed by atoms with E-state index < -0.39 is 0 Å². The van der Waals surface area contributed by atoms with Gasteiger partial charge in [-0.15, -0.1) is 0 Å². The Morgan fingerprint density at radius 2 is 1.00 bits per heavy atom. The summed E-state index contributed by atoms with van der Waals surface area (Å²) in [5.74, 6) is 0. The average Bonchev–Trinajstić information content (AvgIpc) is 2.22. The molecular formula is C14H30N4O2. The third-order valence-corrected chi connectivity index (χ3v) is 1.80. The summed E-state index contributed by atoms with van der Waals surface area (Å²) >= 11 is 0. The van der Waals surface area contributed by atoms with Crippen LogP contribution in [0.15, 0.2) is 20.5 Å². The van der Waals surface area contributed by atoms with E-state index >= 15 is 0 Å². The Balaban J connectivity index is 3.87. The first kappa shape index (κ1) is 19.1. The molecule has 0 N–H and O–H groups in total. The van der Waals surface area contributed by atoms with Crippen molar-refractivity contribution in [3.8, 4) is 0 Å². The smallest absolute Gasteiger partial charge is 0.111 e. The van der Waals surface area contributed by atoms with Crippen molar-refractivity contribution in [3.05, 3.63) is 0 Å². The van der Waals surface area contributed by atoms with Crippen LogP contribution >= 0.6 is 0 Å². The highest BCUT2D eigenvalue weighted by molar-refractivity contribution is 4.68. The maximum absolute atomic E-state index is 5.25. The van der Waals surface area contributed by atoms with Gasteiger partial charge in [0.2, 0.25) is 0 Å². The third-order valence-electron chi connectivity index (χ3n) is 1.80. The van der Waals surface area contributed by atoms with Gasteiger partial charge in [-0.25, -0.2) is 9.78 Å². The van der Waals surface area contributed by atoms with Gasteiger partial charge in [0.15, 0.2) is 0 Å². The van der Waals surface area contributed by atoms with Crippen molar-refractivity contribution in [2.75, 3.05) is 13.1 Å². The van der Waals surface area contributed by atoms with Crippen LogP contribution in [0.1, 0.15) is 55.4 Å². The maximum atomic E-state index is 5.25. The molecule has 0 amide bonds.